The van der Waals surface area contributed by atoms with E-state index < -0.39 is 0 Å². The van der Waals surface area contributed by atoms with Crippen molar-refractivity contribution in [2.75, 3.05) is 27.2 Å². The first-order valence-electron chi connectivity index (χ1n) is 7.77. The van der Waals surface area contributed by atoms with Crippen molar-refractivity contribution in [2.45, 2.75) is 32.0 Å². The van der Waals surface area contributed by atoms with Crippen molar-refractivity contribution in [1.82, 2.24) is 9.80 Å². The van der Waals surface area contributed by atoms with E-state index in [0.717, 1.165) is 28.8 Å². The van der Waals surface area contributed by atoms with Gasteiger partial charge in [-0.1, -0.05) is 18.2 Å². The fourth-order valence-electron chi connectivity index (χ4n) is 3.29. The molecular weight excluding hydrogens is 262 g/mol. The highest BCUT2D eigenvalue weighted by atomic mass is 16.3. The summed E-state index contributed by atoms with van der Waals surface area (Å²) in [5.41, 5.74) is 8.05. The molecule has 1 saturated heterocycles. The number of benzene rings is 1. The van der Waals surface area contributed by atoms with Gasteiger partial charge in [0.1, 0.15) is 11.3 Å². The lowest BCUT2D eigenvalue weighted by Crippen LogP contribution is -2.41. The van der Waals surface area contributed by atoms with Crippen LogP contribution in [-0.4, -0.2) is 43.0 Å². The largest absolute Gasteiger partial charge is 0.459 e. The number of likely N-dealkylation sites (tertiary alicyclic amines) is 1. The Bertz CT molecular complexity index is 599. The lowest BCUT2D eigenvalue weighted by molar-refractivity contribution is 0.133. The number of para-hydroxylation sites is 1. The van der Waals surface area contributed by atoms with E-state index in [-0.39, 0.29) is 0 Å². The zero-order chi connectivity index (χ0) is 14.8. The molecule has 0 aliphatic carbocycles. The molecule has 0 spiro atoms. The second-order valence-electron chi connectivity index (χ2n) is 6.15. The number of piperidine rings is 1. The smallest absolute Gasteiger partial charge is 0.134 e. The van der Waals surface area contributed by atoms with Gasteiger partial charge in [-0.2, -0.15) is 0 Å². The number of hydrogen-bond acceptors (Lipinski definition) is 4. The Hall–Kier alpha value is -1.36. The van der Waals surface area contributed by atoms with Gasteiger partial charge in [0.05, 0.1) is 6.54 Å². The van der Waals surface area contributed by atoms with Gasteiger partial charge in [-0.05, 0) is 46.1 Å². The van der Waals surface area contributed by atoms with Crippen molar-refractivity contribution >= 4 is 11.0 Å². The van der Waals surface area contributed by atoms with E-state index in [1.54, 1.807) is 0 Å². The van der Waals surface area contributed by atoms with Crippen LogP contribution in [0.2, 0.25) is 0 Å². The van der Waals surface area contributed by atoms with Crippen LogP contribution in [0.4, 0.5) is 0 Å². The predicted molar refractivity (Wildman–Crippen MR) is 86.1 cm³/mol. The van der Waals surface area contributed by atoms with E-state index in [0.29, 0.717) is 12.6 Å². The minimum Gasteiger partial charge on any atom is -0.459 e. The van der Waals surface area contributed by atoms with Gasteiger partial charge in [0, 0.05) is 23.5 Å². The fourth-order valence-corrected chi connectivity index (χ4v) is 3.29. The number of nitrogens with zero attached hydrogens (tertiary/aromatic N) is 2. The number of fused-ring (bicyclic) bond motifs is 1. The van der Waals surface area contributed by atoms with Gasteiger partial charge in [-0.25, -0.2) is 0 Å². The minimum atomic E-state index is 0.535. The van der Waals surface area contributed by atoms with Gasteiger partial charge < -0.3 is 15.1 Å². The van der Waals surface area contributed by atoms with E-state index in [2.05, 4.69) is 30.0 Å². The Labute approximate surface area is 126 Å². The molecule has 2 aromatic rings. The summed E-state index contributed by atoms with van der Waals surface area (Å²) in [7, 11) is 4.39. The van der Waals surface area contributed by atoms with Crippen molar-refractivity contribution in [3.8, 4) is 0 Å². The average Bonchev–Trinajstić information content (AvgIpc) is 2.84. The summed E-state index contributed by atoms with van der Waals surface area (Å²) in [4.78, 5) is 4.82. The number of rotatable bonds is 4. The third kappa shape index (κ3) is 2.98. The van der Waals surface area contributed by atoms with E-state index in [9.17, 15) is 0 Å². The molecule has 21 heavy (non-hydrogen) atoms. The Kier molecular flexibility index (Phi) is 4.29. The highest BCUT2D eigenvalue weighted by Crippen LogP contribution is 2.27. The summed E-state index contributed by atoms with van der Waals surface area (Å²) in [5, 5.41) is 1.16. The fraction of sp³-hybridized carbons (Fsp3) is 0.529. The van der Waals surface area contributed by atoms with Crippen LogP contribution in [0.25, 0.3) is 11.0 Å². The van der Waals surface area contributed by atoms with Crippen molar-refractivity contribution in [1.29, 1.82) is 0 Å². The molecule has 4 heteroatoms. The molecule has 1 aromatic carbocycles. The third-order valence-corrected chi connectivity index (χ3v) is 4.69. The van der Waals surface area contributed by atoms with Gasteiger partial charge in [0.2, 0.25) is 0 Å². The zero-order valence-electron chi connectivity index (χ0n) is 13.0. The maximum absolute atomic E-state index is 6.04. The average molecular weight is 287 g/mol. The maximum Gasteiger partial charge on any atom is 0.134 e. The van der Waals surface area contributed by atoms with Crippen LogP contribution >= 0.6 is 0 Å². The van der Waals surface area contributed by atoms with E-state index in [4.69, 9.17) is 10.2 Å². The minimum absolute atomic E-state index is 0.535. The molecule has 0 unspecified atom stereocenters. The summed E-state index contributed by atoms with van der Waals surface area (Å²) in [6.45, 7) is 3.74. The maximum atomic E-state index is 6.04. The normalized spacial score (nSPS) is 17.9. The predicted octanol–water partition coefficient (Wildman–Crippen LogP) is 2.42. The standard InChI is InChI=1S/C17H25N3O/c1-19-9-7-13(8-10-19)20(2)12-17-15(11-18)14-5-3-4-6-16(14)21-17/h3-6,13H,7-12,18H2,1-2H3. The van der Waals surface area contributed by atoms with Gasteiger partial charge >= 0.3 is 0 Å². The van der Waals surface area contributed by atoms with E-state index >= 15 is 0 Å². The molecule has 4 nitrogen and oxygen atoms in total. The molecule has 2 heterocycles. The molecule has 0 atom stereocenters. The second-order valence-corrected chi connectivity index (χ2v) is 6.15. The molecular formula is C17H25N3O. The highest BCUT2D eigenvalue weighted by molar-refractivity contribution is 5.82. The Morgan fingerprint density at radius 3 is 2.71 bits per heavy atom. The molecule has 1 fully saturated rings. The van der Waals surface area contributed by atoms with Gasteiger partial charge in [-0.15, -0.1) is 0 Å². The number of nitrogens with two attached hydrogens (primary N) is 1. The first-order valence-corrected chi connectivity index (χ1v) is 7.77. The van der Waals surface area contributed by atoms with Gasteiger partial charge in [-0.3, -0.25) is 4.90 Å². The molecule has 3 rings (SSSR count). The Morgan fingerprint density at radius 2 is 2.00 bits per heavy atom. The Morgan fingerprint density at radius 1 is 1.29 bits per heavy atom. The van der Waals surface area contributed by atoms with Crippen molar-refractivity contribution in [3.05, 3.63) is 35.6 Å². The van der Waals surface area contributed by atoms with Crippen LogP contribution in [0.5, 0.6) is 0 Å². The molecule has 0 amide bonds. The number of hydrogen-bond donors (Lipinski definition) is 1. The summed E-state index contributed by atoms with van der Waals surface area (Å²) in [5.74, 6) is 1.03. The molecule has 0 bridgehead atoms. The molecule has 114 valence electrons. The van der Waals surface area contributed by atoms with E-state index in [1.807, 2.05) is 18.2 Å². The van der Waals surface area contributed by atoms with E-state index in [1.165, 1.54) is 25.9 Å². The summed E-state index contributed by atoms with van der Waals surface area (Å²) >= 11 is 0. The topological polar surface area (TPSA) is 45.6 Å². The second kappa shape index (κ2) is 6.18. The van der Waals surface area contributed by atoms with Crippen LogP contribution in [0.3, 0.4) is 0 Å². The van der Waals surface area contributed by atoms with Crippen LogP contribution in [0, 0.1) is 0 Å². The van der Waals surface area contributed by atoms with Crippen LogP contribution in [0.1, 0.15) is 24.2 Å². The first-order chi connectivity index (χ1) is 10.2. The summed E-state index contributed by atoms with van der Waals surface area (Å²) < 4.78 is 6.04. The SMILES string of the molecule is CN1CCC(N(C)Cc2oc3ccccc3c2CN)CC1. The monoisotopic (exact) mass is 287 g/mol. The van der Waals surface area contributed by atoms with Crippen molar-refractivity contribution in [3.63, 3.8) is 0 Å². The lowest BCUT2D eigenvalue weighted by atomic mass is 10.0. The molecule has 2 N–H and O–H groups in total. The quantitative estimate of drug-likeness (QED) is 0.938. The van der Waals surface area contributed by atoms with Crippen LogP contribution < -0.4 is 5.73 Å². The molecule has 1 aliphatic heterocycles. The van der Waals surface area contributed by atoms with Crippen molar-refractivity contribution < 1.29 is 4.42 Å². The number of furan rings is 1. The first kappa shape index (κ1) is 14.6. The van der Waals surface area contributed by atoms with Crippen LogP contribution in [0.15, 0.2) is 28.7 Å². The van der Waals surface area contributed by atoms with Gasteiger partial charge in [0.25, 0.3) is 0 Å². The molecule has 1 aromatic heterocycles. The van der Waals surface area contributed by atoms with Gasteiger partial charge in [0.15, 0.2) is 0 Å². The lowest BCUT2D eigenvalue weighted by Gasteiger charge is -2.34. The molecule has 1 aliphatic rings. The summed E-state index contributed by atoms with van der Waals surface area (Å²) in [6.07, 6.45) is 2.45. The Balaban J connectivity index is 1.78. The molecule has 0 radical (unpaired) electrons. The van der Waals surface area contributed by atoms with Crippen LogP contribution in [-0.2, 0) is 13.1 Å². The zero-order valence-corrected chi connectivity index (χ0v) is 13.0. The van der Waals surface area contributed by atoms with Crippen molar-refractivity contribution in [2.24, 2.45) is 5.73 Å². The molecule has 0 saturated carbocycles. The summed E-state index contributed by atoms with van der Waals surface area (Å²) in [6, 6.07) is 8.81. The third-order valence-electron chi connectivity index (χ3n) is 4.69. The highest BCUT2D eigenvalue weighted by Gasteiger charge is 2.22.